The maximum absolute atomic E-state index is 12.3. The summed E-state index contributed by atoms with van der Waals surface area (Å²) in [6, 6.07) is -1.07. The zero-order valence-electron chi connectivity index (χ0n) is 25.6. The highest BCUT2D eigenvalue weighted by Gasteiger charge is 2.22. The van der Waals surface area contributed by atoms with E-state index in [1.807, 2.05) is 59.8 Å². The van der Waals surface area contributed by atoms with Gasteiger partial charge in [-0.15, -0.1) is 6.58 Å². The quantitative estimate of drug-likeness (QED) is 0.141. The van der Waals surface area contributed by atoms with Crippen molar-refractivity contribution in [3.63, 3.8) is 0 Å². The molecule has 0 heterocycles. The molecule has 11 heteroatoms. The van der Waals surface area contributed by atoms with Crippen molar-refractivity contribution in [2.45, 2.75) is 99.5 Å². The van der Waals surface area contributed by atoms with Crippen molar-refractivity contribution in [2.24, 2.45) is 11.7 Å². The maximum Gasteiger partial charge on any atom is 0.303 e. The van der Waals surface area contributed by atoms with Gasteiger partial charge in [0.2, 0.25) is 17.7 Å². The average Bonchev–Trinajstić information content (AvgIpc) is 2.96. The lowest BCUT2D eigenvalue weighted by Crippen LogP contribution is -2.48. The fraction of sp³-hybridized carbons (Fsp3) is 0.621. The summed E-state index contributed by atoms with van der Waals surface area (Å²) in [6.45, 7) is 16.7. The molecule has 11 nitrogen and oxygen atoms in total. The van der Waals surface area contributed by atoms with Crippen LogP contribution >= 0.6 is 0 Å². The lowest BCUT2D eigenvalue weighted by molar-refractivity contribution is -0.138. The van der Waals surface area contributed by atoms with Crippen LogP contribution in [0.1, 0.15) is 93.4 Å². The molecule has 234 valence electrons. The minimum Gasteiger partial charge on any atom is -0.481 e. The first-order valence-electron chi connectivity index (χ1n) is 13.9. The Hall–Kier alpha value is -3.47. The summed E-state index contributed by atoms with van der Waals surface area (Å²) in [5.41, 5.74) is 4.97. The van der Waals surface area contributed by atoms with Gasteiger partial charge in [0, 0.05) is 19.3 Å². The summed E-state index contributed by atoms with van der Waals surface area (Å²) >= 11 is 0. The van der Waals surface area contributed by atoms with Gasteiger partial charge in [-0.2, -0.15) is 0 Å². The summed E-state index contributed by atoms with van der Waals surface area (Å²) in [7, 11) is 0. The molecular weight excluding hydrogens is 518 g/mol. The number of carbonyl (C=O) groups is 5. The molecule has 0 rings (SSSR count). The number of carbonyl (C=O) groups excluding carboxylic acids is 3. The predicted octanol–water partition coefficient (Wildman–Crippen LogP) is 3.96. The number of nitrogens with two attached hydrogens (primary N) is 1. The lowest BCUT2D eigenvalue weighted by Gasteiger charge is -2.18. The van der Waals surface area contributed by atoms with Gasteiger partial charge >= 0.3 is 11.9 Å². The van der Waals surface area contributed by atoms with Crippen molar-refractivity contribution >= 4 is 29.7 Å². The van der Waals surface area contributed by atoms with Crippen LogP contribution in [0.15, 0.2) is 37.0 Å². The highest BCUT2D eigenvalue weighted by atomic mass is 16.4. The summed E-state index contributed by atoms with van der Waals surface area (Å²) in [5, 5.41) is 30.3. The Bertz CT molecular complexity index is 722. The average molecular weight is 574 g/mol. The largest absolute Gasteiger partial charge is 0.481 e. The van der Waals surface area contributed by atoms with Gasteiger partial charge in [0.1, 0.15) is 6.04 Å². The molecule has 0 fully saturated rings. The summed E-state index contributed by atoms with van der Waals surface area (Å²) in [6.07, 6.45) is 10.9. The number of rotatable bonds is 17. The number of nitrogens with one attached hydrogen (secondary N) is 2. The van der Waals surface area contributed by atoms with Crippen LogP contribution in [0.3, 0.4) is 0 Å². The molecule has 0 aromatic heterocycles. The fourth-order valence-electron chi connectivity index (χ4n) is 2.43. The number of aliphatic carboxylic acids is 2. The highest BCUT2D eigenvalue weighted by Crippen LogP contribution is 2.14. The van der Waals surface area contributed by atoms with Gasteiger partial charge in [0.25, 0.3) is 0 Å². The molecule has 40 heavy (non-hydrogen) atoms. The van der Waals surface area contributed by atoms with Gasteiger partial charge in [-0.05, 0) is 31.6 Å². The third-order valence-corrected chi connectivity index (χ3v) is 4.20. The number of hydrogen-bond donors (Lipinski definition) is 6. The van der Waals surface area contributed by atoms with Crippen molar-refractivity contribution < 1.29 is 39.3 Å². The van der Waals surface area contributed by atoms with E-state index in [-0.39, 0.29) is 38.2 Å². The normalized spacial score (nSPS) is 10.9. The van der Waals surface area contributed by atoms with E-state index in [1.165, 1.54) is 0 Å². The molecule has 0 saturated carbocycles. The zero-order valence-corrected chi connectivity index (χ0v) is 25.6. The molecule has 0 aromatic carbocycles. The molecule has 0 aliphatic carbocycles. The second-order valence-electron chi connectivity index (χ2n) is 7.12. The van der Waals surface area contributed by atoms with Crippen molar-refractivity contribution in [1.82, 2.24) is 10.6 Å². The molecule has 0 spiro atoms. The van der Waals surface area contributed by atoms with Gasteiger partial charge < -0.3 is 31.7 Å². The van der Waals surface area contributed by atoms with Crippen LogP contribution in [0.4, 0.5) is 0 Å². The molecule has 2 unspecified atom stereocenters. The van der Waals surface area contributed by atoms with Gasteiger partial charge in [-0.25, -0.2) is 0 Å². The molecule has 0 aliphatic heterocycles. The molecule has 0 saturated heterocycles. The van der Waals surface area contributed by atoms with E-state index in [1.54, 1.807) is 19.1 Å². The zero-order chi connectivity index (χ0) is 32.4. The Labute approximate surface area is 241 Å². The standard InChI is InChI=1S/C20H31N3O6.C3H6O2.3C2H6/c1-2-3-4-5-7-15(8-6-13-24)9-11-18(26)23-16(10-12-19(27)28)20(29)22-14-17(21)25;1-2-3(4)5;3*1-2/h2,4-6,8,15-16,24H,1,3,7,9-14H2,(H2,21,25)(H,22,29)(H,23,26)(H,27,28);2H2,1H3,(H,4,5);3*1-2H3/b5-4+,8-6-;;;;. The van der Waals surface area contributed by atoms with Crippen molar-refractivity contribution in [3.05, 3.63) is 37.0 Å². The van der Waals surface area contributed by atoms with Crippen LogP contribution in [0, 0.1) is 5.92 Å². The number of hydrogen-bond acceptors (Lipinski definition) is 6. The Kier molecular flexibility index (Phi) is 43.7. The van der Waals surface area contributed by atoms with Gasteiger partial charge in [-0.1, -0.05) is 78.8 Å². The van der Waals surface area contributed by atoms with E-state index in [9.17, 15) is 24.0 Å². The van der Waals surface area contributed by atoms with Crippen LogP contribution in [-0.4, -0.2) is 64.2 Å². The molecule has 2 atom stereocenters. The Balaban J connectivity index is -0.000000320. The molecular formula is C29H55N3O8. The molecule has 7 N–H and O–H groups in total. The maximum atomic E-state index is 12.3. The number of aliphatic hydroxyl groups is 1. The van der Waals surface area contributed by atoms with Crippen LogP contribution in [0.25, 0.3) is 0 Å². The third kappa shape index (κ3) is 39.0. The minimum atomic E-state index is -1.10. The third-order valence-electron chi connectivity index (χ3n) is 4.20. The Morgan fingerprint density at radius 2 is 1.43 bits per heavy atom. The topological polar surface area (TPSA) is 196 Å². The number of amides is 3. The van der Waals surface area contributed by atoms with Gasteiger partial charge in [0.15, 0.2) is 0 Å². The van der Waals surface area contributed by atoms with E-state index in [4.69, 9.17) is 21.1 Å². The number of aliphatic hydroxyl groups excluding tert-OH is 1. The van der Waals surface area contributed by atoms with Gasteiger partial charge in [-0.3, -0.25) is 24.0 Å². The van der Waals surface area contributed by atoms with E-state index in [0.29, 0.717) is 12.8 Å². The Morgan fingerprint density at radius 1 is 0.875 bits per heavy atom. The monoisotopic (exact) mass is 573 g/mol. The second kappa shape index (κ2) is 37.7. The first-order chi connectivity index (χ1) is 19.1. The van der Waals surface area contributed by atoms with Crippen molar-refractivity contribution in [2.75, 3.05) is 13.2 Å². The predicted molar refractivity (Wildman–Crippen MR) is 160 cm³/mol. The highest BCUT2D eigenvalue weighted by molar-refractivity contribution is 5.90. The fourth-order valence-corrected chi connectivity index (χ4v) is 2.43. The van der Waals surface area contributed by atoms with Crippen LogP contribution < -0.4 is 16.4 Å². The minimum absolute atomic E-state index is 0.0233. The first-order valence-corrected chi connectivity index (χ1v) is 13.9. The molecule has 0 bridgehead atoms. The molecule has 0 aliphatic rings. The Morgan fingerprint density at radius 3 is 1.85 bits per heavy atom. The summed E-state index contributed by atoms with van der Waals surface area (Å²) in [5.74, 6) is -3.65. The van der Waals surface area contributed by atoms with E-state index < -0.39 is 42.2 Å². The summed E-state index contributed by atoms with van der Waals surface area (Å²) in [4.78, 5) is 55.3. The molecule has 0 radical (unpaired) electrons. The number of allylic oxidation sites excluding steroid dienone is 4. The molecule has 3 amide bonds. The van der Waals surface area contributed by atoms with Gasteiger partial charge in [0.05, 0.1) is 13.2 Å². The number of carboxylic acids is 2. The van der Waals surface area contributed by atoms with E-state index >= 15 is 0 Å². The van der Waals surface area contributed by atoms with Crippen LogP contribution in [0.2, 0.25) is 0 Å². The van der Waals surface area contributed by atoms with Crippen LogP contribution in [0.5, 0.6) is 0 Å². The first kappa shape index (κ1) is 46.4. The smallest absolute Gasteiger partial charge is 0.303 e. The van der Waals surface area contributed by atoms with Crippen LogP contribution in [-0.2, 0) is 24.0 Å². The van der Waals surface area contributed by atoms with Crippen molar-refractivity contribution in [1.29, 1.82) is 0 Å². The van der Waals surface area contributed by atoms with E-state index in [0.717, 1.165) is 6.42 Å². The second-order valence-corrected chi connectivity index (χ2v) is 7.12. The number of carboxylic acid groups (broad SMARTS) is 2. The molecule has 0 aromatic rings. The SMILES string of the molecule is C=CC/C=C/CC(/C=C\CO)CCC(=O)NC(CCC(=O)O)C(=O)NCC(N)=O.CC.CC.CC.CCC(=O)O. The number of primary amides is 1. The van der Waals surface area contributed by atoms with E-state index in [2.05, 4.69) is 17.2 Å². The lowest BCUT2D eigenvalue weighted by atomic mass is 9.97. The summed E-state index contributed by atoms with van der Waals surface area (Å²) < 4.78 is 0. The van der Waals surface area contributed by atoms with Crippen molar-refractivity contribution in [3.8, 4) is 0 Å².